The van der Waals surface area contributed by atoms with Gasteiger partial charge >= 0.3 is 0 Å². The van der Waals surface area contributed by atoms with Crippen LogP contribution in [0, 0.1) is 18.8 Å². The number of carbonyl (C=O) groups is 2. The van der Waals surface area contributed by atoms with Crippen molar-refractivity contribution >= 4 is 11.8 Å². The van der Waals surface area contributed by atoms with Crippen molar-refractivity contribution in [2.45, 2.75) is 46.1 Å². The number of carbonyl (C=O) groups excluding carboxylic acids is 2. The molecule has 2 N–H and O–H groups in total. The SMILES string of the molecule is Cc1ccccc1CC(C)NC(=O)CCNC(=O)C1CC1C. The van der Waals surface area contributed by atoms with E-state index in [2.05, 4.69) is 36.6 Å². The van der Waals surface area contributed by atoms with Crippen LogP contribution < -0.4 is 10.6 Å². The normalized spacial score (nSPS) is 21.0. The molecule has 1 fully saturated rings. The molecule has 2 amide bonds. The lowest BCUT2D eigenvalue weighted by atomic mass is 10.0. The van der Waals surface area contributed by atoms with Crippen LogP contribution in [0.5, 0.6) is 0 Å². The summed E-state index contributed by atoms with van der Waals surface area (Å²) in [4.78, 5) is 23.6. The molecule has 0 spiro atoms. The molecule has 3 atom stereocenters. The molecule has 4 nitrogen and oxygen atoms in total. The van der Waals surface area contributed by atoms with Gasteiger partial charge in [-0.1, -0.05) is 31.2 Å². The van der Waals surface area contributed by atoms with Crippen LogP contribution >= 0.6 is 0 Å². The number of hydrogen-bond donors (Lipinski definition) is 2. The highest BCUT2D eigenvalue weighted by molar-refractivity contribution is 5.82. The molecule has 22 heavy (non-hydrogen) atoms. The lowest BCUT2D eigenvalue weighted by molar-refractivity contribution is -0.123. The van der Waals surface area contributed by atoms with E-state index < -0.39 is 0 Å². The van der Waals surface area contributed by atoms with Gasteiger partial charge in [0.25, 0.3) is 0 Å². The Morgan fingerprint density at radius 3 is 2.64 bits per heavy atom. The summed E-state index contributed by atoms with van der Waals surface area (Å²) in [7, 11) is 0. The number of hydrogen-bond acceptors (Lipinski definition) is 2. The molecule has 0 heterocycles. The van der Waals surface area contributed by atoms with E-state index in [9.17, 15) is 9.59 Å². The monoisotopic (exact) mass is 302 g/mol. The second-order valence-corrected chi connectivity index (χ2v) is 6.46. The Morgan fingerprint density at radius 2 is 2.00 bits per heavy atom. The molecule has 1 aliphatic carbocycles. The molecule has 0 aromatic heterocycles. The van der Waals surface area contributed by atoms with E-state index in [1.165, 1.54) is 11.1 Å². The Balaban J connectivity index is 1.66. The van der Waals surface area contributed by atoms with Crippen molar-refractivity contribution in [2.75, 3.05) is 6.54 Å². The van der Waals surface area contributed by atoms with Gasteiger partial charge in [0.15, 0.2) is 0 Å². The molecule has 1 aromatic rings. The Kier molecular flexibility index (Phi) is 5.58. The van der Waals surface area contributed by atoms with E-state index in [-0.39, 0.29) is 23.8 Å². The zero-order valence-corrected chi connectivity index (χ0v) is 13.7. The molecular formula is C18H26N2O2. The highest BCUT2D eigenvalue weighted by Gasteiger charge is 2.38. The summed E-state index contributed by atoms with van der Waals surface area (Å²) in [6.45, 7) is 6.59. The van der Waals surface area contributed by atoms with Crippen molar-refractivity contribution in [1.29, 1.82) is 0 Å². The van der Waals surface area contributed by atoms with Gasteiger partial charge in [0.2, 0.25) is 11.8 Å². The topological polar surface area (TPSA) is 58.2 Å². The van der Waals surface area contributed by atoms with Crippen molar-refractivity contribution in [1.82, 2.24) is 10.6 Å². The van der Waals surface area contributed by atoms with E-state index in [0.717, 1.165) is 12.8 Å². The first-order valence-electron chi connectivity index (χ1n) is 8.09. The largest absolute Gasteiger partial charge is 0.355 e. The first-order valence-corrected chi connectivity index (χ1v) is 8.09. The van der Waals surface area contributed by atoms with Crippen molar-refractivity contribution in [3.05, 3.63) is 35.4 Å². The van der Waals surface area contributed by atoms with Crippen LogP contribution in [0.3, 0.4) is 0 Å². The molecule has 120 valence electrons. The first-order chi connectivity index (χ1) is 10.5. The standard InChI is InChI=1S/C18H26N2O2/c1-12-6-4-5-7-15(12)11-14(3)20-17(21)8-9-19-18(22)16-10-13(16)2/h4-7,13-14,16H,8-11H2,1-3H3,(H,19,22)(H,20,21). The number of benzene rings is 1. The fourth-order valence-electron chi connectivity index (χ4n) is 2.68. The zero-order chi connectivity index (χ0) is 16.1. The summed E-state index contributed by atoms with van der Waals surface area (Å²) >= 11 is 0. The van der Waals surface area contributed by atoms with Gasteiger partial charge in [-0.25, -0.2) is 0 Å². The molecule has 0 bridgehead atoms. The fraction of sp³-hybridized carbons (Fsp3) is 0.556. The summed E-state index contributed by atoms with van der Waals surface area (Å²) in [5.41, 5.74) is 2.50. The Hall–Kier alpha value is -1.84. The number of rotatable bonds is 7. The van der Waals surface area contributed by atoms with Crippen LogP contribution in [0.25, 0.3) is 0 Å². The number of amides is 2. The smallest absolute Gasteiger partial charge is 0.223 e. The van der Waals surface area contributed by atoms with E-state index in [1.807, 2.05) is 19.1 Å². The maximum atomic E-state index is 11.9. The van der Waals surface area contributed by atoms with E-state index in [4.69, 9.17) is 0 Å². The highest BCUT2D eigenvalue weighted by Crippen LogP contribution is 2.37. The fourth-order valence-corrected chi connectivity index (χ4v) is 2.68. The molecule has 2 rings (SSSR count). The summed E-state index contributed by atoms with van der Waals surface area (Å²) in [6, 6.07) is 8.30. The van der Waals surface area contributed by atoms with Gasteiger partial charge < -0.3 is 10.6 Å². The van der Waals surface area contributed by atoms with E-state index in [1.54, 1.807) is 0 Å². The third-order valence-electron chi connectivity index (χ3n) is 4.29. The third-order valence-corrected chi connectivity index (χ3v) is 4.29. The lowest BCUT2D eigenvalue weighted by Gasteiger charge is -2.15. The first kappa shape index (κ1) is 16.5. The Bertz CT molecular complexity index is 542. The predicted octanol–water partition coefficient (Wildman–Crippen LogP) is 2.20. The molecule has 1 aliphatic rings. The molecule has 0 saturated heterocycles. The minimum atomic E-state index is -0.00905. The average molecular weight is 302 g/mol. The summed E-state index contributed by atoms with van der Waals surface area (Å²) in [6.07, 6.45) is 2.14. The molecule has 1 aromatic carbocycles. The van der Waals surface area contributed by atoms with Gasteiger partial charge in [-0.2, -0.15) is 0 Å². The van der Waals surface area contributed by atoms with Crippen LogP contribution in [0.1, 0.15) is 37.8 Å². The molecular weight excluding hydrogens is 276 g/mol. The Labute approximate surface area is 132 Å². The van der Waals surface area contributed by atoms with E-state index >= 15 is 0 Å². The summed E-state index contributed by atoms with van der Waals surface area (Å²) in [5.74, 6) is 0.754. The van der Waals surface area contributed by atoms with Gasteiger partial charge in [0.1, 0.15) is 0 Å². The molecule has 1 saturated carbocycles. The van der Waals surface area contributed by atoms with Crippen molar-refractivity contribution in [2.24, 2.45) is 11.8 Å². The third kappa shape index (κ3) is 4.86. The van der Waals surface area contributed by atoms with Crippen LogP contribution in [0.15, 0.2) is 24.3 Å². The van der Waals surface area contributed by atoms with Gasteiger partial charge in [0, 0.05) is 24.9 Å². The summed E-state index contributed by atoms with van der Waals surface area (Å²) in [5, 5.41) is 5.83. The van der Waals surface area contributed by atoms with Gasteiger partial charge in [-0.05, 0) is 43.7 Å². The van der Waals surface area contributed by atoms with Crippen molar-refractivity contribution in [3.63, 3.8) is 0 Å². The van der Waals surface area contributed by atoms with Crippen LogP contribution in [-0.2, 0) is 16.0 Å². The van der Waals surface area contributed by atoms with E-state index in [0.29, 0.717) is 18.9 Å². The predicted molar refractivity (Wildman–Crippen MR) is 87.4 cm³/mol. The zero-order valence-electron chi connectivity index (χ0n) is 13.7. The molecule has 0 radical (unpaired) electrons. The molecule has 0 aliphatic heterocycles. The summed E-state index contributed by atoms with van der Waals surface area (Å²) < 4.78 is 0. The number of nitrogens with one attached hydrogen (secondary N) is 2. The second kappa shape index (κ2) is 7.43. The van der Waals surface area contributed by atoms with Crippen LogP contribution in [-0.4, -0.2) is 24.4 Å². The van der Waals surface area contributed by atoms with Gasteiger partial charge in [-0.15, -0.1) is 0 Å². The molecule has 4 heteroatoms. The quantitative estimate of drug-likeness (QED) is 0.811. The van der Waals surface area contributed by atoms with Gasteiger partial charge in [-0.3, -0.25) is 9.59 Å². The maximum absolute atomic E-state index is 11.9. The van der Waals surface area contributed by atoms with Gasteiger partial charge in [0.05, 0.1) is 0 Å². The minimum Gasteiger partial charge on any atom is -0.355 e. The van der Waals surface area contributed by atoms with Crippen LogP contribution in [0.2, 0.25) is 0 Å². The van der Waals surface area contributed by atoms with Crippen molar-refractivity contribution in [3.8, 4) is 0 Å². The maximum Gasteiger partial charge on any atom is 0.223 e. The van der Waals surface area contributed by atoms with Crippen molar-refractivity contribution < 1.29 is 9.59 Å². The highest BCUT2D eigenvalue weighted by atomic mass is 16.2. The molecule has 3 unspecified atom stereocenters. The minimum absolute atomic E-state index is 0.00905. The Morgan fingerprint density at radius 1 is 1.32 bits per heavy atom. The number of aryl methyl sites for hydroxylation is 1. The average Bonchev–Trinajstić information content (AvgIpc) is 3.18. The van der Waals surface area contributed by atoms with Crippen LogP contribution in [0.4, 0.5) is 0 Å². The second-order valence-electron chi connectivity index (χ2n) is 6.46. The lowest BCUT2D eigenvalue weighted by Crippen LogP contribution is -2.37.